The lowest BCUT2D eigenvalue weighted by atomic mass is 9.92. The largest absolute Gasteiger partial charge is 0.457 e. The van der Waals surface area contributed by atoms with Gasteiger partial charge in [-0.1, -0.05) is 55.1 Å². The first-order valence-corrected chi connectivity index (χ1v) is 12.2. The summed E-state index contributed by atoms with van der Waals surface area (Å²) in [5, 5.41) is 12.4. The third kappa shape index (κ3) is 6.21. The predicted molar refractivity (Wildman–Crippen MR) is 126 cm³/mol. The fourth-order valence-corrected chi connectivity index (χ4v) is 5.43. The van der Waals surface area contributed by atoms with Gasteiger partial charge in [-0.3, -0.25) is 4.79 Å². The van der Waals surface area contributed by atoms with Crippen LogP contribution in [-0.4, -0.2) is 39.8 Å². The number of likely N-dealkylation sites (tertiary alicyclic amines) is 1. The molecule has 2 aromatic carbocycles. The maximum Gasteiger partial charge on any atom is 0.233 e. The normalized spacial score (nSPS) is 18.6. The van der Waals surface area contributed by atoms with Gasteiger partial charge in [-0.25, -0.2) is 0 Å². The maximum absolute atomic E-state index is 12.6. The minimum Gasteiger partial charge on any atom is -0.457 e. The summed E-state index contributed by atoms with van der Waals surface area (Å²) >= 11 is 2.91. The van der Waals surface area contributed by atoms with Crippen LogP contribution in [0.1, 0.15) is 20.3 Å². The number of hydrogen-bond acceptors (Lipinski definition) is 7. The topological polar surface area (TPSA) is 67.4 Å². The van der Waals surface area contributed by atoms with E-state index in [0.717, 1.165) is 34.6 Å². The molecule has 3 aromatic rings. The van der Waals surface area contributed by atoms with Gasteiger partial charge in [-0.2, -0.15) is 0 Å². The SMILES string of the molecule is CC1CC(C)CN(C(=O)CSc2nnc(Nc3ccc(Oc4ccccc4)cc3)s2)C1. The van der Waals surface area contributed by atoms with Gasteiger partial charge in [-0.15, -0.1) is 10.2 Å². The second-order valence-corrected chi connectivity index (χ2v) is 10.2. The molecule has 6 nitrogen and oxygen atoms in total. The van der Waals surface area contributed by atoms with Crippen LogP contribution in [0.3, 0.4) is 0 Å². The van der Waals surface area contributed by atoms with E-state index in [-0.39, 0.29) is 5.91 Å². The molecule has 1 N–H and O–H groups in total. The molecule has 2 atom stereocenters. The molecule has 0 radical (unpaired) electrons. The van der Waals surface area contributed by atoms with Crippen LogP contribution >= 0.6 is 23.1 Å². The van der Waals surface area contributed by atoms with Crippen molar-refractivity contribution in [2.24, 2.45) is 11.8 Å². The van der Waals surface area contributed by atoms with Gasteiger partial charge in [0.05, 0.1) is 5.75 Å². The van der Waals surface area contributed by atoms with E-state index >= 15 is 0 Å². The molecule has 2 unspecified atom stereocenters. The minimum atomic E-state index is 0.183. The van der Waals surface area contributed by atoms with Crippen molar-refractivity contribution in [2.75, 3.05) is 24.2 Å². The highest BCUT2D eigenvalue weighted by Gasteiger charge is 2.25. The fraction of sp³-hybridized carbons (Fsp3) is 0.348. The average molecular weight is 455 g/mol. The Morgan fingerprint density at radius 2 is 1.74 bits per heavy atom. The molecule has 2 heterocycles. The van der Waals surface area contributed by atoms with E-state index < -0.39 is 0 Å². The monoisotopic (exact) mass is 454 g/mol. The Morgan fingerprint density at radius 1 is 1.06 bits per heavy atom. The summed E-state index contributed by atoms with van der Waals surface area (Å²) in [5.41, 5.74) is 0.903. The van der Waals surface area contributed by atoms with Crippen molar-refractivity contribution in [3.05, 3.63) is 54.6 Å². The number of anilines is 2. The molecule has 31 heavy (non-hydrogen) atoms. The van der Waals surface area contributed by atoms with Gasteiger partial charge >= 0.3 is 0 Å². The van der Waals surface area contributed by atoms with E-state index in [4.69, 9.17) is 4.74 Å². The van der Waals surface area contributed by atoms with Crippen molar-refractivity contribution >= 4 is 39.8 Å². The molecule has 1 amide bonds. The van der Waals surface area contributed by atoms with Crippen molar-refractivity contribution in [3.63, 3.8) is 0 Å². The lowest BCUT2D eigenvalue weighted by molar-refractivity contribution is -0.130. The molecular formula is C23H26N4O2S2. The van der Waals surface area contributed by atoms with Gasteiger partial charge in [0.15, 0.2) is 4.34 Å². The van der Waals surface area contributed by atoms with E-state index in [2.05, 4.69) is 29.4 Å². The number of rotatable bonds is 7. The number of thioether (sulfide) groups is 1. The molecule has 0 aliphatic carbocycles. The first-order valence-electron chi connectivity index (χ1n) is 10.4. The third-order valence-electron chi connectivity index (χ3n) is 5.03. The van der Waals surface area contributed by atoms with Crippen LogP contribution in [0, 0.1) is 11.8 Å². The van der Waals surface area contributed by atoms with E-state index in [1.807, 2.05) is 59.5 Å². The number of hydrogen-bond donors (Lipinski definition) is 1. The van der Waals surface area contributed by atoms with Crippen LogP contribution in [0.4, 0.5) is 10.8 Å². The number of amides is 1. The number of ether oxygens (including phenoxy) is 1. The summed E-state index contributed by atoms with van der Waals surface area (Å²) in [5.74, 6) is 3.29. The molecule has 4 rings (SSSR count). The second kappa shape index (κ2) is 10.2. The fourth-order valence-electron chi connectivity index (χ4n) is 3.75. The first-order chi connectivity index (χ1) is 15.0. The first kappa shape index (κ1) is 21.6. The van der Waals surface area contributed by atoms with Crippen molar-refractivity contribution in [2.45, 2.75) is 24.6 Å². The summed E-state index contributed by atoms with van der Waals surface area (Å²) in [6, 6.07) is 17.4. The van der Waals surface area contributed by atoms with Crippen molar-refractivity contribution in [1.82, 2.24) is 15.1 Å². The van der Waals surface area contributed by atoms with Crippen LogP contribution in [0.25, 0.3) is 0 Å². The maximum atomic E-state index is 12.6. The summed E-state index contributed by atoms with van der Waals surface area (Å²) < 4.78 is 6.60. The van der Waals surface area contributed by atoms with Crippen molar-refractivity contribution in [1.29, 1.82) is 0 Å². The quantitative estimate of drug-likeness (QED) is 0.464. The van der Waals surface area contributed by atoms with E-state index in [1.54, 1.807) is 0 Å². The third-order valence-corrected chi connectivity index (χ3v) is 6.99. The Labute approximate surface area is 191 Å². The van der Waals surface area contributed by atoms with Crippen LogP contribution in [-0.2, 0) is 4.79 Å². The van der Waals surface area contributed by atoms with Crippen LogP contribution < -0.4 is 10.1 Å². The number of carbonyl (C=O) groups is 1. The lowest BCUT2D eigenvalue weighted by Crippen LogP contribution is -2.43. The van der Waals surface area contributed by atoms with Crippen molar-refractivity contribution in [3.8, 4) is 11.5 Å². The number of benzene rings is 2. The predicted octanol–water partition coefficient (Wildman–Crippen LogP) is 5.67. The standard InChI is InChI=1S/C23H26N4O2S2/c1-16-12-17(2)14-27(13-16)21(28)15-30-23-26-25-22(31-23)24-18-8-10-20(11-9-18)29-19-6-4-3-5-7-19/h3-11,16-17H,12-15H2,1-2H3,(H,24,25). The van der Waals surface area contributed by atoms with Crippen LogP contribution in [0.5, 0.6) is 11.5 Å². The molecule has 162 valence electrons. The van der Waals surface area contributed by atoms with Crippen molar-refractivity contribution < 1.29 is 9.53 Å². The van der Waals surface area contributed by atoms with Gasteiger partial charge in [0.2, 0.25) is 11.0 Å². The van der Waals surface area contributed by atoms with Gasteiger partial charge in [0.1, 0.15) is 11.5 Å². The molecule has 1 aliphatic rings. The van der Waals surface area contributed by atoms with E-state index in [1.165, 1.54) is 29.5 Å². The van der Waals surface area contributed by atoms with Crippen LogP contribution in [0.2, 0.25) is 0 Å². The molecule has 1 fully saturated rings. The number of piperidine rings is 1. The van der Waals surface area contributed by atoms with E-state index in [9.17, 15) is 4.79 Å². The zero-order valence-electron chi connectivity index (χ0n) is 17.7. The second-order valence-electron chi connectivity index (χ2n) is 7.97. The Kier molecular flexibility index (Phi) is 7.09. The molecule has 0 bridgehead atoms. The van der Waals surface area contributed by atoms with Gasteiger partial charge < -0.3 is 15.0 Å². The number of nitrogens with one attached hydrogen (secondary N) is 1. The Morgan fingerprint density at radius 3 is 2.45 bits per heavy atom. The molecule has 8 heteroatoms. The highest BCUT2D eigenvalue weighted by Crippen LogP contribution is 2.30. The summed E-state index contributed by atoms with van der Waals surface area (Å²) in [7, 11) is 0. The summed E-state index contributed by atoms with van der Waals surface area (Å²) in [6.45, 7) is 6.14. The molecular weight excluding hydrogens is 428 g/mol. The Balaban J connectivity index is 1.27. The number of aromatic nitrogens is 2. The highest BCUT2D eigenvalue weighted by atomic mass is 32.2. The molecule has 1 saturated heterocycles. The molecule has 0 spiro atoms. The molecule has 1 aromatic heterocycles. The molecule has 0 saturated carbocycles. The van der Waals surface area contributed by atoms with E-state index in [0.29, 0.717) is 22.7 Å². The smallest absolute Gasteiger partial charge is 0.233 e. The Bertz CT molecular complexity index is 984. The summed E-state index contributed by atoms with van der Waals surface area (Å²) in [4.78, 5) is 14.5. The van der Waals surface area contributed by atoms with Crippen LogP contribution in [0.15, 0.2) is 58.9 Å². The molecule has 1 aliphatic heterocycles. The zero-order chi connectivity index (χ0) is 21.6. The Hall–Kier alpha value is -2.58. The number of para-hydroxylation sites is 1. The van der Waals surface area contributed by atoms with Gasteiger partial charge in [0.25, 0.3) is 0 Å². The lowest BCUT2D eigenvalue weighted by Gasteiger charge is -2.34. The number of nitrogens with zero attached hydrogens (tertiary/aromatic N) is 3. The highest BCUT2D eigenvalue weighted by molar-refractivity contribution is 8.01. The summed E-state index contributed by atoms with van der Waals surface area (Å²) in [6.07, 6.45) is 1.20. The zero-order valence-corrected chi connectivity index (χ0v) is 19.3. The van der Waals surface area contributed by atoms with Gasteiger partial charge in [0, 0.05) is 18.8 Å². The average Bonchev–Trinajstić information content (AvgIpc) is 3.21. The number of carbonyl (C=O) groups excluding carboxylic acids is 1. The minimum absolute atomic E-state index is 0.183. The van der Waals surface area contributed by atoms with Gasteiger partial charge in [-0.05, 0) is 54.7 Å².